The maximum Gasteiger partial charge on any atom is 0.221 e. The van der Waals surface area contributed by atoms with Crippen LogP contribution < -0.4 is 10.6 Å². The lowest BCUT2D eigenvalue weighted by Crippen LogP contribution is -2.39. The van der Waals surface area contributed by atoms with Crippen molar-refractivity contribution in [3.8, 4) is 0 Å². The van der Waals surface area contributed by atoms with Gasteiger partial charge in [-0.05, 0) is 6.42 Å². The maximum absolute atomic E-state index is 10.8. The largest absolute Gasteiger partial charge is 0.352 e. The third kappa shape index (κ3) is 1.25. The highest BCUT2D eigenvalue weighted by Crippen LogP contribution is 2.14. The summed E-state index contributed by atoms with van der Waals surface area (Å²) in [4.78, 5) is 10.8. The lowest BCUT2D eigenvalue weighted by Gasteiger charge is -2.17. The zero-order chi connectivity index (χ0) is 6.27. The molecule has 2 bridgehead atoms. The van der Waals surface area contributed by atoms with E-state index in [-0.39, 0.29) is 18.3 Å². The second-order valence-electron chi connectivity index (χ2n) is 2.81. The summed E-state index contributed by atoms with van der Waals surface area (Å²) >= 11 is 0. The molecule has 2 heterocycles. The average Bonchev–Trinajstić information content (AvgIpc) is 2.11. The zero-order valence-corrected chi connectivity index (χ0v) is 6.41. The van der Waals surface area contributed by atoms with Gasteiger partial charge in [-0.3, -0.25) is 4.79 Å². The van der Waals surface area contributed by atoms with E-state index in [0.717, 1.165) is 13.0 Å². The van der Waals surface area contributed by atoms with E-state index < -0.39 is 0 Å². The van der Waals surface area contributed by atoms with Gasteiger partial charge in [0.05, 0.1) is 0 Å². The van der Waals surface area contributed by atoms with Gasteiger partial charge in [0.2, 0.25) is 5.91 Å². The number of nitrogens with one attached hydrogen (secondary N) is 2. The van der Waals surface area contributed by atoms with Crippen LogP contribution in [0.3, 0.4) is 0 Å². The van der Waals surface area contributed by atoms with Gasteiger partial charge in [-0.2, -0.15) is 0 Å². The van der Waals surface area contributed by atoms with Crippen molar-refractivity contribution in [1.82, 2.24) is 10.6 Å². The van der Waals surface area contributed by atoms with Gasteiger partial charge in [0.1, 0.15) is 0 Å². The van der Waals surface area contributed by atoms with E-state index in [9.17, 15) is 4.79 Å². The van der Waals surface area contributed by atoms with E-state index in [2.05, 4.69) is 10.6 Å². The third-order valence-corrected chi connectivity index (χ3v) is 2.02. The number of rotatable bonds is 0. The Morgan fingerprint density at radius 3 is 2.90 bits per heavy atom. The summed E-state index contributed by atoms with van der Waals surface area (Å²) < 4.78 is 0. The number of halogens is 1. The molecule has 4 heteroatoms. The first-order valence-electron chi connectivity index (χ1n) is 3.37. The summed E-state index contributed by atoms with van der Waals surface area (Å²) in [5, 5.41) is 6.17. The molecular weight excluding hydrogens is 152 g/mol. The predicted octanol–water partition coefficient (Wildman–Crippen LogP) is -0.341. The second kappa shape index (κ2) is 2.76. The van der Waals surface area contributed by atoms with Gasteiger partial charge in [0.25, 0.3) is 0 Å². The Hall–Kier alpha value is -0.280. The van der Waals surface area contributed by atoms with Crippen LogP contribution in [0.5, 0.6) is 0 Å². The fourth-order valence-corrected chi connectivity index (χ4v) is 1.59. The highest BCUT2D eigenvalue weighted by molar-refractivity contribution is 5.85. The smallest absolute Gasteiger partial charge is 0.221 e. The summed E-state index contributed by atoms with van der Waals surface area (Å²) in [6.45, 7) is 0.969. The summed E-state index contributed by atoms with van der Waals surface area (Å²) in [5.74, 6) is 0.209. The van der Waals surface area contributed by atoms with Crippen LogP contribution in [0.2, 0.25) is 0 Å². The van der Waals surface area contributed by atoms with Crippen molar-refractivity contribution in [3.05, 3.63) is 0 Å². The average molecular weight is 163 g/mol. The number of carbonyl (C=O) groups is 1. The molecule has 0 unspecified atom stereocenters. The van der Waals surface area contributed by atoms with Crippen LogP contribution in [0.1, 0.15) is 12.8 Å². The van der Waals surface area contributed by atoms with E-state index in [4.69, 9.17) is 0 Å². The molecule has 2 aliphatic heterocycles. The SMILES string of the molecule is Cl.O=C1C[C@H]2C[C@H](CN2)N1. The van der Waals surface area contributed by atoms with Crippen LogP contribution in [0.15, 0.2) is 0 Å². The maximum atomic E-state index is 10.8. The molecule has 1 amide bonds. The minimum absolute atomic E-state index is 0. The van der Waals surface area contributed by atoms with Gasteiger partial charge in [-0.1, -0.05) is 0 Å². The monoisotopic (exact) mass is 162 g/mol. The van der Waals surface area contributed by atoms with Crippen LogP contribution in [0.25, 0.3) is 0 Å². The molecule has 0 saturated carbocycles. The van der Waals surface area contributed by atoms with Crippen molar-refractivity contribution in [2.45, 2.75) is 24.9 Å². The number of hydrogen-bond donors (Lipinski definition) is 2. The molecule has 0 aromatic carbocycles. The summed E-state index contributed by atoms with van der Waals surface area (Å²) in [5.41, 5.74) is 0. The predicted molar refractivity (Wildman–Crippen MR) is 40.2 cm³/mol. The highest BCUT2D eigenvalue weighted by Gasteiger charge is 2.31. The molecule has 10 heavy (non-hydrogen) atoms. The molecule has 2 aliphatic rings. The number of amides is 1. The molecule has 0 aromatic heterocycles. The second-order valence-corrected chi connectivity index (χ2v) is 2.81. The molecule has 2 rings (SSSR count). The molecule has 58 valence electrons. The van der Waals surface area contributed by atoms with E-state index in [0.29, 0.717) is 18.5 Å². The van der Waals surface area contributed by atoms with Crippen molar-refractivity contribution in [2.75, 3.05) is 6.54 Å². The van der Waals surface area contributed by atoms with Crippen molar-refractivity contribution < 1.29 is 4.79 Å². The van der Waals surface area contributed by atoms with Gasteiger partial charge in [0, 0.05) is 25.0 Å². The molecular formula is C6H11ClN2O. The highest BCUT2D eigenvalue weighted by atomic mass is 35.5. The van der Waals surface area contributed by atoms with Crippen molar-refractivity contribution in [1.29, 1.82) is 0 Å². The quantitative estimate of drug-likeness (QED) is 0.512. The van der Waals surface area contributed by atoms with E-state index in [1.807, 2.05) is 0 Å². The lowest BCUT2D eigenvalue weighted by molar-refractivity contribution is -0.122. The summed E-state index contributed by atoms with van der Waals surface area (Å²) in [6.07, 6.45) is 1.81. The van der Waals surface area contributed by atoms with Crippen molar-refractivity contribution in [3.63, 3.8) is 0 Å². The fourth-order valence-electron chi connectivity index (χ4n) is 1.59. The Morgan fingerprint density at radius 1 is 1.40 bits per heavy atom. The minimum Gasteiger partial charge on any atom is -0.352 e. The number of piperidine rings is 1. The molecule has 2 fully saturated rings. The molecule has 0 aromatic rings. The molecule has 2 atom stereocenters. The Morgan fingerprint density at radius 2 is 2.20 bits per heavy atom. The van der Waals surface area contributed by atoms with Crippen molar-refractivity contribution in [2.24, 2.45) is 0 Å². The Kier molecular flexibility index (Phi) is 2.16. The van der Waals surface area contributed by atoms with Gasteiger partial charge in [-0.25, -0.2) is 0 Å². The number of fused-ring (bicyclic) bond motifs is 2. The third-order valence-electron chi connectivity index (χ3n) is 2.02. The van der Waals surface area contributed by atoms with Crippen molar-refractivity contribution >= 4 is 18.3 Å². The number of carbonyl (C=O) groups excluding carboxylic acids is 1. The first-order chi connectivity index (χ1) is 4.34. The van der Waals surface area contributed by atoms with Crippen LogP contribution >= 0.6 is 12.4 Å². The van der Waals surface area contributed by atoms with Gasteiger partial charge in [-0.15, -0.1) is 12.4 Å². The Labute approximate surface area is 66.0 Å². The topological polar surface area (TPSA) is 41.1 Å². The molecule has 0 aliphatic carbocycles. The summed E-state index contributed by atoms with van der Waals surface area (Å²) in [6, 6.07) is 0.903. The van der Waals surface area contributed by atoms with Crippen LogP contribution in [-0.4, -0.2) is 24.5 Å². The van der Waals surface area contributed by atoms with E-state index in [1.54, 1.807) is 0 Å². The zero-order valence-electron chi connectivity index (χ0n) is 5.59. The van der Waals surface area contributed by atoms with Crippen LogP contribution in [0.4, 0.5) is 0 Å². The number of hydrogen-bond acceptors (Lipinski definition) is 2. The van der Waals surface area contributed by atoms with Gasteiger partial charge >= 0.3 is 0 Å². The first-order valence-corrected chi connectivity index (χ1v) is 3.37. The normalized spacial score (nSPS) is 36.6. The Bertz CT molecular complexity index is 137. The van der Waals surface area contributed by atoms with Gasteiger partial charge < -0.3 is 10.6 Å². The molecule has 0 radical (unpaired) electrons. The standard InChI is InChI=1S/C6H10N2O.ClH/c9-6-2-4-1-5(8-6)3-7-4;/h4-5,7H,1-3H2,(H,8,9);1H/t4-,5-;/m1./s1. The molecule has 3 nitrogen and oxygen atoms in total. The summed E-state index contributed by atoms with van der Waals surface area (Å²) in [7, 11) is 0. The van der Waals surface area contributed by atoms with E-state index >= 15 is 0 Å². The van der Waals surface area contributed by atoms with Crippen LogP contribution in [0, 0.1) is 0 Å². The molecule has 2 saturated heterocycles. The van der Waals surface area contributed by atoms with Gasteiger partial charge in [0.15, 0.2) is 0 Å². The Balaban J connectivity index is 0.000000500. The minimum atomic E-state index is 0. The van der Waals surface area contributed by atoms with E-state index in [1.165, 1.54) is 0 Å². The fraction of sp³-hybridized carbons (Fsp3) is 0.833. The lowest BCUT2D eigenvalue weighted by atomic mass is 10.1. The molecule has 2 N–H and O–H groups in total. The first kappa shape index (κ1) is 7.82. The van der Waals surface area contributed by atoms with Crippen LogP contribution in [-0.2, 0) is 4.79 Å². The molecule has 0 spiro atoms.